The van der Waals surface area contributed by atoms with E-state index in [1.54, 1.807) is 13.2 Å². The van der Waals surface area contributed by atoms with Gasteiger partial charge in [-0.1, -0.05) is 37.6 Å². The van der Waals surface area contributed by atoms with Crippen LogP contribution in [0.15, 0.2) is 36.9 Å². The number of carbonyl (C=O) groups is 2. The Bertz CT molecular complexity index is 615. The summed E-state index contributed by atoms with van der Waals surface area (Å²) in [6.45, 7) is 6.83. The van der Waals surface area contributed by atoms with Gasteiger partial charge in [-0.25, -0.2) is 0 Å². The molecular formula is C20H28N2O3. The van der Waals surface area contributed by atoms with Crippen molar-refractivity contribution in [3.63, 3.8) is 0 Å². The van der Waals surface area contributed by atoms with Crippen molar-refractivity contribution in [2.75, 3.05) is 20.2 Å². The number of piperidine rings is 1. The Kier molecular flexibility index (Phi) is 7.04. The first kappa shape index (κ1) is 19.0. The molecule has 1 N–H and O–H groups in total. The fraction of sp³-hybridized carbons (Fsp3) is 0.500. The molecule has 0 bridgehead atoms. The third kappa shape index (κ3) is 4.41. The lowest BCUT2D eigenvalue weighted by Crippen LogP contribution is -2.48. The minimum Gasteiger partial charge on any atom is -0.496 e. The zero-order valence-electron chi connectivity index (χ0n) is 15.2. The molecule has 1 fully saturated rings. The number of benzene rings is 1. The van der Waals surface area contributed by atoms with Crippen LogP contribution in [0.25, 0.3) is 0 Å². The first-order valence-electron chi connectivity index (χ1n) is 8.95. The van der Waals surface area contributed by atoms with E-state index in [0.717, 1.165) is 18.4 Å². The molecule has 0 spiro atoms. The van der Waals surface area contributed by atoms with Gasteiger partial charge in [0, 0.05) is 25.1 Å². The molecule has 2 rings (SSSR count). The third-order valence-electron chi connectivity index (χ3n) is 4.67. The van der Waals surface area contributed by atoms with Crippen LogP contribution in [0.2, 0.25) is 0 Å². The number of amides is 2. The largest absolute Gasteiger partial charge is 0.496 e. The van der Waals surface area contributed by atoms with Crippen molar-refractivity contribution in [3.8, 4) is 5.75 Å². The number of para-hydroxylation sites is 1. The third-order valence-corrected chi connectivity index (χ3v) is 4.67. The Labute approximate surface area is 150 Å². The van der Waals surface area contributed by atoms with Crippen LogP contribution >= 0.6 is 0 Å². The molecule has 1 aromatic rings. The van der Waals surface area contributed by atoms with Crippen molar-refractivity contribution < 1.29 is 14.3 Å². The smallest absolute Gasteiger partial charge is 0.225 e. The second-order valence-corrected chi connectivity index (χ2v) is 6.31. The zero-order chi connectivity index (χ0) is 18.2. The van der Waals surface area contributed by atoms with Gasteiger partial charge in [0.05, 0.1) is 19.1 Å². The molecule has 1 aliphatic heterocycles. The lowest BCUT2D eigenvalue weighted by Gasteiger charge is -2.41. The number of rotatable bonds is 8. The van der Waals surface area contributed by atoms with E-state index in [1.807, 2.05) is 29.2 Å². The van der Waals surface area contributed by atoms with E-state index in [0.29, 0.717) is 31.7 Å². The minimum atomic E-state index is -0.297. The van der Waals surface area contributed by atoms with Crippen LogP contribution in [0, 0.1) is 5.92 Å². The number of methoxy groups -OCH3 is 1. The highest BCUT2D eigenvalue weighted by Gasteiger charge is 2.41. The molecule has 1 aliphatic rings. The van der Waals surface area contributed by atoms with Gasteiger partial charge in [0.1, 0.15) is 5.75 Å². The molecule has 0 unspecified atom stereocenters. The van der Waals surface area contributed by atoms with Crippen LogP contribution in [-0.2, 0) is 9.59 Å². The van der Waals surface area contributed by atoms with E-state index in [9.17, 15) is 9.59 Å². The Hall–Kier alpha value is -2.30. The molecule has 1 heterocycles. The monoisotopic (exact) mass is 344 g/mol. The highest BCUT2D eigenvalue weighted by Crippen LogP contribution is 2.40. The first-order valence-corrected chi connectivity index (χ1v) is 8.95. The van der Waals surface area contributed by atoms with E-state index in [2.05, 4.69) is 18.8 Å². The molecule has 0 aliphatic carbocycles. The van der Waals surface area contributed by atoms with Gasteiger partial charge in [-0.2, -0.15) is 0 Å². The van der Waals surface area contributed by atoms with Crippen LogP contribution < -0.4 is 10.1 Å². The number of carbonyl (C=O) groups excluding carboxylic acids is 2. The van der Waals surface area contributed by atoms with Gasteiger partial charge < -0.3 is 15.0 Å². The van der Waals surface area contributed by atoms with Gasteiger partial charge in [0.25, 0.3) is 0 Å². The molecular weight excluding hydrogens is 316 g/mol. The molecule has 2 amide bonds. The molecule has 0 radical (unpaired) electrons. The zero-order valence-corrected chi connectivity index (χ0v) is 15.2. The Morgan fingerprint density at radius 2 is 2.20 bits per heavy atom. The van der Waals surface area contributed by atoms with E-state index in [4.69, 9.17) is 4.74 Å². The van der Waals surface area contributed by atoms with Crippen LogP contribution in [0.3, 0.4) is 0 Å². The summed E-state index contributed by atoms with van der Waals surface area (Å²) in [6.07, 6.45) is 4.53. The van der Waals surface area contributed by atoms with Crippen molar-refractivity contribution in [1.29, 1.82) is 0 Å². The van der Waals surface area contributed by atoms with Gasteiger partial charge in [-0.15, -0.1) is 6.58 Å². The Morgan fingerprint density at radius 3 is 2.88 bits per heavy atom. The molecule has 1 saturated heterocycles. The fourth-order valence-corrected chi connectivity index (χ4v) is 3.42. The van der Waals surface area contributed by atoms with Crippen molar-refractivity contribution in [2.45, 2.75) is 38.6 Å². The van der Waals surface area contributed by atoms with Crippen LogP contribution in [0.5, 0.6) is 5.75 Å². The molecule has 0 saturated carbocycles. The van der Waals surface area contributed by atoms with Crippen LogP contribution in [0.4, 0.5) is 0 Å². The van der Waals surface area contributed by atoms with E-state index >= 15 is 0 Å². The van der Waals surface area contributed by atoms with Crippen molar-refractivity contribution >= 4 is 11.8 Å². The second kappa shape index (κ2) is 9.25. The number of unbranched alkanes of at least 4 members (excludes halogenated alkanes) is 1. The average molecular weight is 344 g/mol. The lowest BCUT2D eigenvalue weighted by molar-refractivity contribution is -0.143. The molecule has 1 aromatic carbocycles. The standard InChI is InChI=1S/C20H28N2O3/c1-4-6-14-22-18(23)12-11-16(20(24)21-13-5-2)19(22)15-9-7-8-10-17(15)25-3/h5,7-10,16,19H,2,4,6,11-14H2,1,3H3,(H,21,24)/t16-,19+/m0/s1. The highest BCUT2D eigenvalue weighted by molar-refractivity contribution is 5.85. The van der Waals surface area contributed by atoms with Crippen LogP contribution in [0.1, 0.15) is 44.2 Å². The summed E-state index contributed by atoms with van der Waals surface area (Å²) < 4.78 is 5.51. The second-order valence-electron chi connectivity index (χ2n) is 6.31. The summed E-state index contributed by atoms with van der Waals surface area (Å²) >= 11 is 0. The first-order chi connectivity index (χ1) is 12.1. The number of nitrogens with zero attached hydrogens (tertiary/aromatic N) is 1. The maximum Gasteiger partial charge on any atom is 0.225 e. The summed E-state index contributed by atoms with van der Waals surface area (Å²) in [5.74, 6) is 0.498. The number of hydrogen-bond donors (Lipinski definition) is 1. The van der Waals surface area contributed by atoms with Crippen LogP contribution in [-0.4, -0.2) is 36.9 Å². The van der Waals surface area contributed by atoms with E-state index in [1.165, 1.54) is 0 Å². The molecule has 5 nitrogen and oxygen atoms in total. The molecule has 0 aromatic heterocycles. The van der Waals surface area contributed by atoms with E-state index in [-0.39, 0.29) is 23.8 Å². The fourth-order valence-electron chi connectivity index (χ4n) is 3.42. The number of nitrogens with one attached hydrogen (secondary N) is 1. The van der Waals surface area contributed by atoms with Gasteiger partial charge in [-0.05, 0) is 18.9 Å². The maximum absolute atomic E-state index is 12.7. The number of ether oxygens (including phenoxy) is 1. The highest BCUT2D eigenvalue weighted by atomic mass is 16.5. The molecule has 25 heavy (non-hydrogen) atoms. The summed E-state index contributed by atoms with van der Waals surface area (Å²) in [4.78, 5) is 27.2. The topological polar surface area (TPSA) is 58.6 Å². The Morgan fingerprint density at radius 1 is 1.44 bits per heavy atom. The predicted molar refractivity (Wildman–Crippen MR) is 98.3 cm³/mol. The lowest BCUT2D eigenvalue weighted by atomic mass is 9.83. The van der Waals surface area contributed by atoms with Gasteiger partial charge >= 0.3 is 0 Å². The molecule has 5 heteroatoms. The molecule has 2 atom stereocenters. The maximum atomic E-state index is 12.7. The average Bonchev–Trinajstić information content (AvgIpc) is 2.64. The minimum absolute atomic E-state index is 0.0372. The van der Waals surface area contributed by atoms with Gasteiger partial charge in [-0.3, -0.25) is 9.59 Å². The van der Waals surface area contributed by atoms with E-state index < -0.39 is 0 Å². The summed E-state index contributed by atoms with van der Waals surface area (Å²) in [5, 5.41) is 2.89. The normalized spacial score (nSPS) is 20.2. The predicted octanol–water partition coefficient (Wildman–Crippen LogP) is 3.08. The summed E-state index contributed by atoms with van der Waals surface area (Å²) in [6, 6.07) is 7.36. The quantitative estimate of drug-likeness (QED) is 0.737. The number of hydrogen-bond acceptors (Lipinski definition) is 3. The Balaban J connectivity index is 2.41. The van der Waals surface area contributed by atoms with Gasteiger partial charge in [0.15, 0.2) is 0 Å². The van der Waals surface area contributed by atoms with Crippen molar-refractivity contribution in [3.05, 3.63) is 42.5 Å². The summed E-state index contributed by atoms with van der Waals surface area (Å²) in [7, 11) is 1.62. The number of likely N-dealkylation sites (tertiary alicyclic amines) is 1. The van der Waals surface area contributed by atoms with Gasteiger partial charge in [0.2, 0.25) is 11.8 Å². The molecule has 136 valence electrons. The summed E-state index contributed by atoms with van der Waals surface area (Å²) in [5.41, 5.74) is 0.896. The SMILES string of the molecule is C=CCNC(=O)[C@H]1CCC(=O)N(CCCC)[C@@H]1c1ccccc1OC. The van der Waals surface area contributed by atoms with Crippen molar-refractivity contribution in [1.82, 2.24) is 10.2 Å². The van der Waals surface area contributed by atoms with Crippen molar-refractivity contribution in [2.24, 2.45) is 5.92 Å².